The molecule has 0 saturated heterocycles. The van der Waals surface area contributed by atoms with E-state index in [1.807, 2.05) is 30.3 Å². The fraction of sp³-hybridized carbons (Fsp3) is 0.353. The maximum Gasteiger partial charge on any atom is 0.373 e. The molecule has 2 N–H and O–H groups in total. The van der Waals surface area contributed by atoms with Crippen LogP contribution in [0.15, 0.2) is 45.7 Å². The fourth-order valence-electron chi connectivity index (χ4n) is 2.40. The van der Waals surface area contributed by atoms with Crippen molar-refractivity contribution in [3.8, 4) is 0 Å². The van der Waals surface area contributed by atoms with Gasteiger partial charge in [-0.15, -0.1) is 12.4 Å². The normalized spacial score (nSPS) is 11.2. The first-order valence-electron chi connectivity index (χ1n) is 7.83. The zero-order valence-corrected chi connectivity index (χ0v) is 16.3. The fourth-order valence-corrected chi connectivity index (χ4v) is 4.03. The maximum atomic E-state index is 13.1. The molecule has 0 spiro atoms. The van der Waals surface area contributed by atoms with Crippen LogP contribution in [-0.4, -0.2) is 38.9 Å². The summed E-state index contributed by atoms with van der Waals surface area (Å²) >= 11 is 0. The standard InChI is InChI=1S/C17H22N2O5S.ClH/c1-13-16(11-15(24-13)17(20)23-2)25(21,22)19(10-6-9-18)12-14-7-4-3-5-8-14;/h3-5,7-8,11H,6,9-10,12,18H2,1-2H3;1H. The van der Waals surface area contributed by atoms with Gasteiger partial charge in [-0.2, -0.15) is 4.31 Å². The van der Waals surface area contributed by atoms with Gasteiger partial charge in [0.25, 0.3) is 0 Å². The number of nitrogens with zero attached hydrogens (tertiary/aromatic N) is 1. The molecule has 0 fully saturated rings. The predicted octanol–water partition coefficient (Wildman–Crippen LogP) is 2.34. The molecule has 0 saturated carbocycles. The number of carbonyl (C=O) groups excluding carboxylic acids is 1. The Morgan fingerprint density at radius 3 is 2.50 bits per heavy atom. The van der Waals surface area contributed by atoms with E-state index in [1.165, 1.54) is 24.4 Å². The quantitative estimate of drug-likeness (QED) is 0.680. The molecule has 7 nitrogen and oxygen atoms in total. The minimum Gasteiger partial charge on any atom is -0.463 e. The van der Waals surface area contributed by atoms with Crippen molar-refractivity contribution in [3.05, 3.63) is 53.5 Å². The second-order valence-electron chi connectivity index (χ2n) is 5.49. The lowest BCUT2D eigenvalue weighted by Crippen LogP contribution is -2.32. The Morgan fingerprint density at radius 2 is 1.92 bits per heavy atom. The van der Waals surface area contributed by atoms with E-state index in [9.17, 15) is 13.2 Å². The number of ether oxygens (including phenoxy) is 1. The van der Waals surface area contributed by atoms with Crippen molar-refractivity contribution in [2.75, 3.05) is 20.2 Å². The number of esters is 1. The Labute approximate surface area is 159 Å². The lowest BCUT2D eigenvalue weighted by atomic mass is 10.2. The first-order valence-corrected chi connectivity index (χ1v) is 9.27. The number of benzene rings is 1. The molecule has 0 aliphatic carbocycles. The predicted molar refractivity (Wildman–Crippen MR) is 99.7 cm³/mol. The molecule has 2 rings (SSSR count). The molecule has 1 aromatic carbocycles. The average Bonchev–Trinajstić information content (AvgIpc) is 3.01. The van der Waals surface area contributed by atoms with Crippen molar-refractivity contribution in [1.29, 1.82) is 0 Å². The SMILES string of the molecule is COC(=O)c1cc(S(=O)(=O)N(CCCN)Cc2ccccc2)c(C)o1.Cl. The van der Waals surface area contributed by atoms with Gasteiger partial charge in [0, 0.05) is 19.2 Å². The van der Waals surface area contributed by atoms with Gasteiger partial charge in [0.1, 0.15) is 10.7 Å². The van der Waals surface area contributed by atoms with Crippen LogP contribution in [0.2, 0.25) is 0 Å². The van der Waals surface area contributed by atoms with E-state index in [0.717, 1.165) is 5.56 Å². The summed E-state index contributed by atoms with van der Waals surface area (Å²) in [6.45, 7) is 2.36. The Balaban J connectivity index is 0.00000338. The Kier molecular flexibility index (Phi) is 8.29. The second-order valence-corrected chi connectivity index (χ2v) is 7.40. The number of hydrogen-bond donors (Lipinski definition) is 1. The molecule has 0 aliphatic rings. The van der Waals surface area contributed by atoms with Crippen LogP contribution in [0, 0.1) is 6.92 Å². The van der Waals surface area contributed by atoms with Gasteiger partial charge >= 0.3 is 5.97 Å². The molecule has 0 unspecified atom stereocenters. The van der Waals surface area contributed by atoms with E-state index in [-0.39, 0.29) is 41.9 Å². The number of aryl methyl sites for hydroxylation is 1. The van der Waals surface area contributed by atoms with E-state index < -0.39 is 16.0 Å². The van der Waals surface area contributed by atoms with E-state index in [1.54, 1.807) is 0 Å². The smallest absolute Gasteiger partial charge is 0.373 e. The highest BCUT2D eigenvalue weighted by Gasteiger charge is 2.30. The van der Waals surface area contributed by atoms with Crippen LogP contribution >= 0.6 is 12.4 Å². The summed E-state index contributed by atoms with van der Waals surface area (Å²) in [7, 11) is -2.64. The number of nitrogens with two attached hydrogens (primary N) is 1. The van der Waals surface area contributed by atoms with Crippen molar-refractivity contribution in [2.45, 2.75) is 24.8 Å². The highest BCUT2D eigenvalue weighted by Crippen LogP contribution is 2.25. The molecule has 0 amide bonds. The third kappa shape index (κ3) is 5.07. The molecule has 2 aromatic rings. The first-order chi connectivity index (χ1) is 11.9. The van der Waals surface area contributed by atoms with Crippen LogP contribution in [-0.2, 0) is 21.3 Å². The van der Waals surface area contributed by atoms with Crippen molar-refractivity contribution >= 4 is 28.4 Å². The Morgan fingerprint density at radius 1 is 1.27 bits per heavy atom. The number of hydrogen-bond acceptors (Lipinski definition) is 6. The summed E-state index contributed by atoms with van der Waals surface area (Å²) in [5, 5.41) is 0. The van der Waals surface area contributed by atoms with Crippen molar-refractivity contribution in [3.63, 3.8) is 0 Å². The molecule has 0 radical (unpaired) electrons. The lowest BCUT2D eigenvalue weighted by Gasteiger charge is -2.21. The molecule has 26 heavy (non-hydrogen) atoms. The molecule has 1 heterocycles. The number of furan rings is 1. The van der Waals surface area contributed by atoms with Crippen LogP contribution in [0.25, 0.3) is 0 Å². The van der Waals surface area contributed by atoms with Crippen LogP contribution in [0.3, 0.4) is 0 Å². The van der Waals surface area contributed by atoms with Gasteiger partial charge in [0.15, 0.2) is 0 Å². The van der Waals surface area contributed by atoms with E-state index >= 15 is 0 Å². The molecule has 1 aromatic heterocycles. The number of halogens is 1. The summed E-state index contributed by atoms with van der Waals surface area (Å²) in [6, 6.07) is 10.5. The largest absolute Gasteiger partial charge is 0.463 e. The number of methoxy groups -OCH3 is 1. The van der Waals surface area contributed by atoms with Crippen molar-refractivity contribution in [1.82, 2.24) is 4.31 Å². The number of sulfonamides is 1. The van der Waals surface area contributed by atoms with Crippen LogP contribution in [0.5, 0.6) is 0 Å². The van der Waals surface area contributed by atoms with Gasteiger partial charge in [0.05, 0.1) is 7.11 Å². The molecule has 9 heteroatoms. The lowest BCUT2D eigenvalue weighted by molar-refractivity contribution is 0.0563. The molecular formula is C17H23ClN2O5S. The van der Waals surface area contributed by atoms with E-state index in [2.05, 4.69) is 4.74 Å². The third-order valence-corrected chi connectivity index (χ3v) is 5.64. The van der Waals surface area contributed by atoms with Gasteiger partial charge in [-0.1, -0.05) is 30.3 Å². The summed E-state index contributed by atoms with van der Waals surface area (Å²) in [6.07, 6.45) is 0.521. The Hall–Kier alpha value is -1.87. The first kappa shape index (κ1) is 22.2. The second kappa shape index (κ2) is 9.72. The van der Waals surface area contributed by atoms with Crippen molar-refractivity contribution in [2.24, 2.45) is 5.73 Å². The topological polar surface area (TPSA) is 103 Å². The number of rotatable bonds is 8. The maximum absolute atomic E-state index is 13.1. The number of carbonyl (C=O) groups is 1. The van der Waals surface area contributed by atoms with Gasteiger partial charge in [-0.05, 0) is 25.5 Å². The third-order valence-electron chi connectivity index (χ3n) is 3.69. The summed E-state index contributed by atoms with van der Waals surface area (Å²) < 4.78 is 37.3. The highest BCUT2D eigenvalue weighted by atomic mass is 35.5. The van der Waals surface area contributed by atoms with Crippen LogP contribution < -0.4 is 5.73 Å². The van der Waals surface area contributed by atoms with Crippen LogP contribution in [0.1, 0.15) is 28.3 Å². The highest BCUT2D eigenvalue weighted by molar-refractivity contribution is 7.89. The van der Waals surface area contributed by atoms with E-state index in [4.69, 9.17) is 10.2 Å². The summed E-state index contributed by atoms with van der Waals surface area (Å²) in [5.41, 5.74) is 6.40. The minimum absolute atomic E-state index is 0. The summed E-state index contributed by atoms with van der Waals surface area (Å²) in [4.78, 5) is 11.6. The zero-order chi connectivity index (χ0) is 18.4. The zero-order valence-electron chi connectivity index (χ0n) is 14.7. The molecular weight excluding hydrogens is 380 g/mol. The van der Waals surface area contributed by atoms with Gasteiger partial charge in [-0.3, -0.25) is 0 Å². The average molecular weight is 403 g/mol. The van der Waals surface area contributed by atoms with Crippen LogP contribution in [0.4, 0.5) is 0 Å². The summed E-state index contributed by atoms with van der Waals surface area (Å²) in [5.74, 6) is -0.718. The monoisotopic (exact) mass is 402 g/mol. The molecule has 144 valence electrons. The van der Waals surface area contributed by atoms with E-state index in [0.29, 0.717) is 13.0 Å². The van der Waals surface area contributed by atoms with Gasteiger partial charge < -0.3 is 14.9 Å². The van der Waals surface area contributed by atoms with Gasteiger partial charge in [0.2, 0.25) is 15.8 Å². The molecule has 0 atom stereocenters. The molecule has 0 aliphatic heterocycles. The molecule has 0 bridgehead atoms. The van der Waals surface area contributed by atoms with Crippen molar-refractivity contribution < 1.29 is 22.4 Å². The van der Waals surface area contributed by atoms with Gasteiger partial charge in [-0.25, -0.2) is 13.2 Å². The minimum atomic E-state index is -3.85. The Bertz CT molecular complexity index is 821.